The Morgan fingerprint density at radius 1 is 0.577 bits per heavy atom. The maximum atomic E-state index is 4.75. The first kappa shape index (κ1) is 21.0. The Balaban J connectivity index is 2.31. The van der Waals surface area contributed by atoms with Gasteiger partial charge in [-0.1, -0.05) is 79.9 Å². The van der Waals surface area contributed by atoms with E-state index in [9.17, 15) is 0 Å². The molecule has 2 heterocycles. The molecule has 0 aliphatic heterocycles. The predicted molar refractivity (Wildman–Crippen MR) is 121 cm³/mol. The molecule has 2 nitrogen and oxygen atoms in total. The van der Waals surface area contributed by atoms with Crippen LogP contribution in [-0.2, 0) is 0 Å². The molecule has 0 saturated carbocycles. The first-order valence-electron chi connectivity index (χ1n) is 9.61. The van der Waals surface area contributed by atoms with E-state index in [2.05, 4.69) is 104 Å². The molecule has 142 valence electrons. The number of nitrogens with zero attached hydrogens (tertiary/aromatic N) is 2. The van der Waals surface area contributed by atoms with Gasteiger partial charge in [0.1, 0.15) is 0 Å². The monoisotopic (exact) mass is 384 g/mol. The van der Waals surface area contributed by atoms with E-state index in [1.807, 2.05) is 0 Å². The van der Waals surface area contributed by atoms with Crippen molar-refractivity contribution in [3.8, 4) is 11.4 Å². The Hall–Kier alpha value is -1.27. The maximum Gasteiger partial charge on any atom is 0.0885 e. The first-order valence-corrected chi connectivity index (χ1v) is 15.6. The maximum absolute atomic E-state index is 4.75. The van der Waals surface area contributed by atoms with Crippen molar-refractivity contribution in [2.45, 2.75) is 77.8 Å². The summed E-state index contributed by atoms with van der Waals surface area (Å²) in [6.07, 6.45) is 4.16. The molecule has 0 saturated heterocycles. The van der Waals surface area contributed by atoms with E-state index in [4.69, 9.17) is 9.97 Å². The molecule has 0 N–H and O–H groups in total. The average molecular weight is 385 g/mol. The molecule has 0 atom stereocenters. The number of aromatic nitrogens is 2. The number of rotatable bonds is 3. The molecule has 0 fully saturated rings. The smallest absolute Gasteiger partial charge is 0.0885 e. The largest absolute Gasteiger partial charge is 0.255 e. The molecule has 0 bridgehead atoms. The van der Waals surface area contributed by atoms with Crippen molar-refractivity contribution in [3.05, 3.63) is 36.7 Å². The lowest BCUT2D eigenvalue weighted by Gasteiger charge is -2.37. The van der Waals surface area contributed by atoms with Crippen LogP contribution in [0.4, 0.5) is 0 Å². The standard InChI is InChI=1S/C22H36N2Si2/c1-21(2,3)25(7,8)17-11-13-19(23-15-17)20-14-12-18(16-24-20)26(9,10)22(4,5)6/h11-16H,1-10H3. The van der Waals surface area contributed by atoms with Crippen LogP contribution in [0.15, 0.2) is 36.7 Å². The zero-order valence-electron chi connectivity index (χ0n) is 18.4. The van der Waals surface area contributed by atoms with Gasteiger partial charge in [-0.05, 0) is 32.6 Å². The van der Waals surface area contributed by atoms with Crippen LogP contribution in [0.2, 0.25) is 36.3 Å². The minimum Gasteiger partial charge on any atom is -0.255 e. The Morgan fingerprint density at radius 3 is 1.08 bits per heavy atom. The Kier molecular flexibility index (Phi) is 5.44. The van der Waals surface area contributed by atoms with E-state index < -0.39 is 16.1 Å². The summed E-state index contributed by atoms with van der Waals surface area (Å²) >= 11 is 0. The molecular weight excluding hydrogens is 348 g/mol. The molecule has 0 amide bonds. The van der Waals surface area contributed by atoms with Crippen molar-refractivity contribution >= 4 is 26.5 Å². The number of hydrogen-bond donors (Lipinski definition) is 0. The van der Waals surface area contributed by atoms with Crippen molar-refractivity contribution in [2.75, 3.05) is 0 Å². The van der Waals surface area contributed by atoms with Crippen molar-refractivity contribution in [1.29, 1.82) is 0 Å². The highest BCUT2D eigenvalue weighted by Crippen LogP contribution is 2.36. The van der Waals surface area contributed by atoms with Gasteiger partial charge in [-0.2, -0.15) is 0 Å². The summed E-state index contributed by atoms with van der Waals surface area (Å²) < 4.78 is 0. The predicted octanol–water partition coefficient (Wildman–Crippen LogP) is 5.57. The number of pyridine rings is 2. The van der Waals surface area contributed by atoms with Gasteiger partial charge >= 0.3 is 0 Å². The normalized spacial score (nSPS) is 13.8. The van der Waals surface area contributed by atoms with Gasteiger partial charge in [-0.3, -0.25) is 9.97 Å². The van der Waals surface area contributed by atoms with Gasteiger partial charge in [0.2, 0.25) is 0 Å². The van der Waals surface area contributed by atoms with Gasteiger partial charge in [0, 0.05) is 12.4 Å². The van der Waals surface area contributed by atoms with Gasteiger partial charge in [-0.25, -0.2) is 0 Å². The number of hydrogen-bond acceptors (Lipinski definition) is 2. The molecule has 2 aromatic heterocycles. The van der Waals surface area contributed by atoms with Gasteiger partial charge in [0.05, 0.1) is 27.5 Å². The molecule has 26 heavy (non-hydrogen) atoms. The highest BCUT2D eigenvalue weighted by molar-refractivity contribution is 6.92. The summed E-state index contributed by atoms with van der Waals surface area (Å²) in [7, 11) is -3.07. The van der Waals surface area contributed by atoms with Crippen LogP contribution in [-0.4, -0.2) is 26.1 Å². The Labute approximate surface area is 162 Å². The fourth-order valence-corrected chi connectivity index (χ4v) is 6.20. The summed E-state index contributed by atoms with van der Waals surface area (Å²) in [4.78, 5) is 9.51. The second kappa shape index (κ2) is 6.72. The van der Waals surface area contributed by atoms with Gasteiger partial charge < -0.3 is 0 Å². The summed E-state index contributed by atoms with van der Waals surface area (Å²) in [5.74, 6) is 0. The van der Waals surface area contributed by atoms with Crippen LogP contribution in [0, 0.1) is 0 Å². The second-order valence-electron chi connectivity index (χ2n) is 10.6. The Morgan fingerprint density at radius 2 is 0.885 bits per heavy atom. The molecule has 0 radical (unpaired) electrons. The molecule has 0 aromatic carbocycles. The van der Waals surface area contributed by atoms with E-state index in [1.165, 1.54) is 10.4 Å². The van der Waals surface area contributed by atoms with Gasteiger partial charge in [-0.15, -0.1) is 0 Å². The first-order chi connectivity index (χ1) is 11.7. The van der Waals surface area contributed by atoms with E-state index in [-0.39, 0.29) is 0 Å². The van der Waals surface area contributed by atoms with Crippen LogP contribution < -0.4 is 10.4 Å². The van der Waals surface area contributed by atoms with Gasteiger partial charge in [0.25, 0.3) is 0 Å². The molecule has 0 aliphatic carbocycles. The van der Waals surface area contributed by atoms with Crippen molar-refractivity contribution in [1.82, 2.24) is 9.97 Å². The lowest BCUT2D eigenvalue weighted by molar-refractivity contribution is 0.729. The summed E-state index contributed by atoms with van der Waals surface area (Å²) in [6.45, 7) is 23.8. The average Bonchev–Trinajstić information content (AvgIpc) is 2.53. The molecule has 2 aromatic rings. The zero-order chi connectivity index (χ0) is 20.0. The molecule has 0 aliphatic rings. The highest BCUT2D eigenvalue weighted by atomic mass is 28.3. The van der Waals surface area contributed by atoms with E-state index in [1.54, 1.807) is 0 Å². The van der Waals surface area contributed by atoms with Crippen LogP contribution in [0.5, 0.6) is 0 Å². The zero-order valence-corrected chi connectivity index (χ0v) is 20.4. The summed E-state index contributed by atoms with van der Waals surface area (Å²) in [6, 6.07) is 8.82. The lowest BCUT2D eigenvalue weighted by atomic mass is 10.2. The molecular formula is C22H36N2Si2. The second-order valence-corrected chi connectivity index (χ2v) is 21.3. The van der Waals surface area contributed by atoms with Crippen LogP contribution in [0.25, 0.3) is 11.4 Å². The lowest BCUT2D eigenvalue weighted by Crippen LogP contribution is -2.49. The third kappa shape index (κ3) is 3.86. The highest BCUT2D eigenvalue weighted by Gasteiger charge is 2.38. The minimum atomic E-state index is -1.54. The van der Waals surface area contributed by atoms with Crippen molar-refractivity contribution < 1.29 is 0 Å². The van der Waals surface area contributed by atoms with Crippen molar-refractivity contribution in [2.24, 2.45) is 0 Å². The topological polar surface area (TPSA) is 25.8 Å². The van der Waals surface area contributed by atoms with Crippen LogP contribution in [0.3, 0.4) is 0 Å². The summed E-state index contributed by atoms with van der Waals surface area (Å²) in [5, 5.41) is 3.46. The van der Waals surface area contributed by atoms with E-state index in [0.717, 1.165) is 11.4 Å². The van der Waals surface area contributed by atoms with E-state index in [0.29, 0.717) is 10.1 Å². The van der Waals surface area contributed by atoms with Crippen LogP contribution in [0.1, 0.15) is 41.5 Å². The fourth-order valence-electron chi connectivity index (χ4n) is 2.70. The quantitative estimate of drug-likeness (QED) is 0.646. The van der Waals surface area contributed by atoms with Gasteiger partial charge in [0.15, 0.2) is 0 Å². The SMILES string of the molecule is CC(C)(C)[Si](C)(C)c1ccc(-c2ccc([Si](C)(C)C(C)(C)C)cn2)nc1. The van der Waals surface area contributed by atoms with Crippen LogP contribution >= 0.6 is 0 Å². The minimum absolute atomic E-state index is 0.319. The van der Waals surface area contributed by atoms with E-state index >= 15 is 0 Å². The third-order valence-corrected chi connectivity index (χ3v) is 18.0. The molecule has 2 rings (SSSR count). The third-order valence-electron chi connectivity index (χ3n) is 6.98. The Bertz CT molecular complexity index is 679. The fraction of sp³-hybridized carbons (Fsp3) is 0.545. The molecule has 0 spiro atoms. The molecule has 4 heteroatoms. The van der Waals surface area contributed by atoms with Crippen molar-refractivity contribution in [3.63, 3.8) is 0 Å². The molecule has 0 unspecified atom stereocenters. The summed E-state index contributed by atoms with van der Waals surface area (Å²) in [5.41, 5.74) is 1.93.